The lowest BCUT2D eigenvalue weighted by atomic mass is 9.87. The Labute approximate surface area is 111 Å². The largest absolute Gasteiger partial charge is 0.162 e. The number of thioether (sulfide) groups is 1. The van der Waals surface area contributed by atoms with Crippen molar-refractivity contribution in [3.8, 4) is 0 Å². The van der Waals surface area contributed by atoms with Gasteiger partial charge >= 0.3 is 0 Å². The van der Waals surface area contributed by atoms with Crippen LogP contribution in [0.4, 0.5) is 0 Å². The fourth-order valence-electron chi connectivity index (χ4n) is 2.22. The molecule has 1 rings (SSSR count). The second-order valence-electron chi connectivity index (χ2n) is 5.18. The summed E-state index contributed by atoms with van der Waals surface area (Å²) in [7, 11) is 0. The van der Waals surface area contributed by atoms with Crippen LogP contribution in [0.3, 0.4) is 0 Å². The maximum atomic E-state index is 4.28. The molecule has 0 saturated carbocycles. The van der Waals surface area contributed by atoms with Crippen molar-refractivity contribution in [2.75, 3.05) is 11.5 Å². The monoisotopic (exact) mass is 250 g/mol. The molecule has 0 bridgehead atoms. The van der Waals surface area contributed by atoms with Crippen LogP contribution in [-0.2, 0) is 0 Å². The standard InChI is InChI=1S/C16H26S/c1-6-16(14(5)13(4)12(2)3)11-15-7-9-17-10-8-15/h6,15H,5,7-11H2,1-4H3/b16-6-. The van der Waals surface area contributed by atoms with Crippen LogP contribution in [0.2, 0.25) is 0 Å². The maximum Gasteiger partial charge on any atom is -0.00648 e. The van der Waals surface area contributed by atoms with Gasteiger partial charge < -0.3 is 0 Å². The second kappa shape index (κ2) is 7.10. The molecule has 0 N–H and O–H groups in total. The van der Waals surface area contributed by atoms with Crippen molar-refractivity contribution in [2.24, 2.45) is 5.92 Å². The third-order valence-corrected chi connectivity index (χ3v) is 4.84. The lowest BCUT2D eigenvalue weighted by Crippen LogP contribution is -2.11. The van der Waals surface area contributed by atoms with E-state index in [-0.39, 0.29) is 0 Å². The average Bonchev–Trinajstić information content (AvgIpc) is 2.35. The summed E-state index contributed by atoms with van der Waals surface area (Å²) in [4.78, 5) is 0. The van der Waals surface area contributed by atoms with Gasteiger partial charge in [0.15, 0.2) is 0 Å². The topological polar surface area (TPSA) is 0 Å². The quantitative estimate of drug-likeness (QED) is 0.604. The first-order valence-corrected chi connectivity index (χ1v) is 7.78. The summed E-state index contributed by atoms with van der Waals surface area (Å²) in [5, 5.41) is 0. The molecule has 96 valence electrons. The molecule has 0 unspecified atom stereocenters. The number of hydrogen-bond donors (Lipinski definition) is 0. The van der Waals surface area contributed by atoms with Crippen LogP contribution in [0.25, 0.3) is 0 Å². The van der Waals surface area contributed by atoms with Gasteiger partial charge in [0.1, 0.15) is 0 Å². The Balaban J connectivity index is 2.66. The molecule has 0 atom stereocenters. The molecule has 0 aromatic carbocycles. The molecule has 0 radical (unpaired) electrons. The second-order valence-corrected chi connectivity index (χ2v) is 6.40. The Kier molecular flexibility index (Phi) is 6.11. The third-order valence-electron chi connectivity index (χ3n) is 3.79. The van der Waals surface area contributed by atoms with E-state index in [4.69, 9.17) is 0 Å². The zero-order chi connectivity index (χ0) is 12.8. The molecule has 0 aliphatic carbocycles. The molecule has 0 spiro atoms. The van der Waals surface area contributed by atoms with Crippen molar-refractivity contribution in [3.05, 3.63) is 34.9 Å². The van der Waals surface area contributed by atoms with Crippen LogP contribution in [0.5, 0.6) is 0 Å². The molecule has 1 saturated heterocycles. The molecule has 1 aliphatic heterocycles. The molecule has 1 aliphatic rings. The minimum atomic E-state index is 0.879. The van der Waals surface area contributed by atoms with E-state index in [0.717, 1.165) is 5.92 Å². The highest BCUT2D eigenvalue weighted by atomic mass is 32.2. The van der Waals surface area contributed by atoms with Crippen LogP contribution in [-0.4, -0.2) is 11.5 Å². The van der Waals surface area contributed by atoms with Gasteiger partial charge in [-0.15, -0.1) is 0 Å². The fourth-order valence-corrected chi connectivity index (χ4v) is 3.42. The summed E-state index contributed by atoms with van der Waals surface area (Å²) >= 11 is 2.10. The maximum absolute atomic E-state index is 4.28. The molecule has 0 aromatic heterocycles. The van der Waals surface area contributed by atoms with Crippen molar-refractivity contribution in [3.63, 3.8) is 0 Å². The zero-order valence-corrected chi connectivity index (χ0v) is 12.6. The third kappa shape index (κ3) is 4.39. The number of hydrogen-bond acceptors (Lipinski definition) is 1. The van der Waals surface area contributed by atoms with E-state index in [1.807, 2.05) is 0 Å². The molecular formula is C16H26S. The van der Waals surface area contributed by atoms with Gasteiger partial charge in [-0.05, 0) is 81.1 Å². The average molecular weight is 250 g/mol. The number of allylic oxidation sites excluding steroid dienone is 5. The molecule has 0 nitrogen and oxygen atoms in total. The Morgan fingerprint density at radius 1 is 1.24 bits per heavy atom. The molecule has 1 heterocycles. The van der Waals surface area contributed by atoms with E-state index in [1.165, 1.54) is 53.1 Å². The Bertz CT molecular complexity index is 323. The molecule has 0 aromatic rings. The van der Waals surface area contributed by atoms with Crippen molar-refractivity contribution < 1.29 is 0 Å². The van der Waals surface area contributed by atoms with Gasteiger partial charge in [0.25, 0.3) is 0 Å². The summed E-state index contributed by atoms with van der Waals surface area (Å²) in [6, 6.07) is 0. The van der Waals surface area contributed by atoms with Crippen LogP contribution in [0.15, 0.2) is 34.9 Å². The van der Waals surface area contributed by atoms with Gasteiger partial charge in [-0.2, -0.15) is 11.8 Å². The highest BCUT2D eigenvalue weighted by Crippen LogP contribution is 2.32. The summed E-state index contributed by atoms with van der Waals surface area (Å²) in [6.45, 7) is 13.0. The van der Waals surface area contributed by atoms with Gasteiger partial charge in [-0.1, -0.05) is 18.2 Å². The Morgan fingerprint density at radius 3 is 2.29 bits per heavy atom. The lowest BCUT2D eigenvalue weighted by Gasteiger charge is -2.23. The molecule has 1 heteroatoms. The molecular weight excluding hydrogens is 224 g/mol. The highest BCUT2D eigenvalue weighted by Gasteiger charge is 2.16. The SMILES string of the molecule is C=C(C(C)=C(C)C)/C(=C\C)CC1CCSCC1. The van der Waals surface area contributed by atoms with Gasteiger partial charge in [-0.25, -0.2) is 0 Å². The van der Waals surface area contributed by atoms with Crippen molar-refractivity contribution in [2.45, 2.75) is 47.0 Å². The summed E-state index contributed by atoms with van der Waals surface area (Å²) < 4.78 is 0. The van der Waals surface area contributed by atoms with Crippen molar-refractivity contribution >= 4 is 11.8 Å². The highest BCUT2D eigenvalue weighted by molar-refractivity contribution is 7.99. The van der Waals surface area contributed by atoms with Crippen molar-refractivity contribution in [1.82, 2.24) is 0 Å². The Morgan fingerprint density at radius 2 is 1.82 bits per heavy atom. The van der Waals surface area contributed by atoms with E-state index in [0.29, 0.717) is 0 Å². The number of rotatable bonds is 4. The summed E-state index contributed by atoms with van der Waals surface area (Å²) in [5.74, 6) is 3.56. The fraction of sp³-hybridized carbons (Fsp3) is 0.625. The summed E-state index contributed by atoms with van der Waals surface area (Å²) in [6.07, 6.45) is 6.24. The van der Waals surface area contributed by atoms with Crippen LogP contribution in [0, 0.1) is 5.92 Å². The summed E-state index contributed by atoms with van der Waals surface area (Å²) in [5.41, 5.74) is 5.46. The van der Waals surface area contributed by atoms with Gasteiger partial charge in [0.2, 0.25) is 0 Å². The zero-order valence-electron chi connectivity index (χ0n) is 11.8. The first-order valence-electron chi connectivity index (χ1n) is 6.63. The van der Waals surface area contributed by atoms with E-state index in [2.05, 4.69) is 52.1 Å². The predicted octanol–water partition coefficient (Wildman–Crippen LogP) is 5.38. The van der Waals surface area contributed by atoms with Crippen LogP contribution >= 0.6 is 11.8 Å². The van der Waals surface area contributed by atoms with Gasteiger partial charge in [0, 0.05) is 0 Å². The smallest absolute Gasteiger partial charge is 0.00648 e. The van der Waals surface area contributed by atoms with Gasteiger partial charge in [-0.3, -0.25) is 0 Å². The first-order chi connectivity index (χ1) is 8.06. The van der Waals surface area contributed by atoms with E-state index in [9.17, 15) is 0 Å². The molecule has 0 amide bonds. The first kappa shape index (κ1) is 14.6. The minimum Gasteiger partial charge on any atom is -0.162 e. The normalized spacial score (nSPS) is 18.0. The molecule has 1 fully saturated rings. The molecule has 17 heavy (non-hydrogen) atoms. The van der Waals surface area contributed by atoms with Crippen molar-refractivity contribution in [1.29, 1.82) is 0 Å². The lowest BCUT2D eigenvalue weighted by molar-refractivity contribution is 0.488. The van der Waals surface area contributed by atoms with Crippen LogP contribution in [0.1, 0.15) is 47.0 Å². The predicted molar refractivity (Wildman–Crippen MR) is 81.6 cm³/mol. The van der Waals surface area contributed by atoms with E-state index < -0.39 is 0 Å². The Hall–Kier alpha value is -0.430. The van der Waals surface area contributed by atoms with Crippen LogP contribution < -0.4 is 0 Å². The van der Waals surface area contributed by atoms with E-state index >= 15 is 0 Å². The van der Waals surface area contributed by atoms with Gasteiger partial charge in [0.05, 0.1) is 0 Å². The van der Waals surface area contributed by atoms with E-state index in [1.54, 1.807) is 0 Å². The minimum absolute atomic E-state index is 0.879.